The average molecular weight is 254 g/mol. The van der Waals surface area contributed by atoms with Crippen molar-refractivity contribution in [1.82, 2.24) is 5.32 Å². The third kappa shape index (κ3) is 6.75. The molecule has 1 saturated carbocycles. The zero-order chi connectivity index (χ0) is 13.2. The molecule has 0 spiro atoms. The first-order chi connectivity index (χ1) is 8.76. The van der Waals surface area contributed by atoms with Crippen molar-refractivity contribution in [3.05, 3.63) is 0 Å². The molecule has 0 bridgehead atoms. The lowest BCUT2D eigenvalue weighted by atomic mass is 9.96. The number of rotatable bonds is 8. The van der Waals surface area contributed by atoms with E-state index in [1.54, 1.807) is 0 Å². The summed E-state index contributed by atoms with van der Waals surface area (Å²) in [4.78, 5) is 0. The van der Waals surface area contributed by atoms with Gasteiger partial charge >= 0.3 is 0 Å². The summed E-state index contributed by atoms with van der Waals surface area (Å²) in [5.74, 6) is 1.80. The number of hydrogen-bond acceptors (Lipinski definition) is 2. The molecule has 2 heteroatoms. The van der Waals surface area contributed by atoms with E-state index in [1.165, 1.54) is 64.3 Å². The first-order valence-electron chi connectivity index (χ1n) is 8.19. The van der Waals surface area contributed by atoms with Crippen LogP contribution in [0.5, 0.6) is 0 Å². The molecular formula is C16H34N2. The molecule has 0 aliphatic heterocycles. The summed E-state index contributed by atoms with van der Waals surface area (Å²) in [6, 6.07) is 0.796. The molecule has 1 fully saturated rings. The SMILES string of the molecule is CCC(CCN)CCCNC1CCCC(C)CC1. The molecule has 1 aliphatic carbocycles. The topological polar surface area (TPSA) is 38.0 Å². The third-order valence-electron chi connectivity index (χ3n) is 4.63. The normalized spacial score (nSPS) is 26.8. The lowest BCUT2D eigenvalue weighted by Gasteiger charge is -2.18. The van der Waals surface area contributed by atoms with Crippen LogP contribution in [0.15, 0.2) is 0 Å². The van der Waals surface area contributed by atoms with Crippen molar-refractivity contribution in [2.75, 3.05) is 13.1 Å². The van der Waals surface area contributed by atoms with Gasteiger partial charge in [0.15, 0.2) is 0 Å². The van der Waals surface area contributed by atoms with Crippen molar-refractivity contribution in [1.29, 1.82) is 0 Å². The van der Waals surface area contributed by atoms with Gasteiger partial charge in [-0.05, 0) is 63.5 Å². The Hall–Kier alpha value is -0.0800. The van der Waals surface area contributed by atoms with Gasteiger partial charge in [0.25, 0.3) is 0 Å². The maximum absolute atomic E-state index is 5.64. The highest BCUT2D eigenvalue weighted by molar-refractivity contribution is 4.73. The van der Waals surface area contributed by atoms with E-state index in [2.05, 4.69) is 19.2 Å². The molecular weight excluding hydrogens is 220 g/mol. The Bertz CT molecular complexity index is 194. The Kier molecular flexibility index (Phi) is 8.70. The zero-order valence-corrected chi connectivity index (χ0v) is 12.6. The molecule has 0 amide bonds. The molecule has 0 aromatic rings. The maximum Gasteiger partial charge on any atom is 0.00671 e. The highest BCUT2D eigenvalue weighted by Gasteiger charge is 2.15. The molecule has 3 atom stereocenters. The van der Waals surface area contributed by atoms with E-state index in [0.717, 1.165) is 24.4 Å². The van der Waals surface area contributed by atoms with Crippen molar-refractivity contribution < 1.29 is 0 Å². The van der Waals surface area contributed by atoms with E-state index in [1.807, 2.05) is 0 Å². The average Bonchev–Trinajstić information content (AvgIpc) is 2.58. The van der Waals surface area contributed by atoms with Crippen molar-refractivity contribution in [3.63, 3.8) is 0 Å². The van der Waals surface area contributed by atoms with Crippen molar-refractivity contribution in [3.8, 4) is 0 Å². The fourth-order valence-electron chi connectivity index (χ4n) is 3.18. The Labute approximate surface area is 114 Å². The summed E-state index contributed by atoms with van der Waals surface area (Å²) in [6.07, 6.45) is 12.2. The second-order valence-electron chi connectivity index (χ2n) is 6.26. The number of nitrogens with one attached hydrogen (secondary N) is 1. The second kappa shape index (κ2) is 9.80. The predicted molar refractivity (Wildman–Crippen MR) is 80.7 cm³/mol. The minimum atomic E-state index is 0.796. The largest absolute Gasteiger partial charge is 0.330 e. The van der Waals surface area contributed by atoms with E-state index < -0.39 is 0 Å². The van der Waals surface area contributed by atoms with Crippen molar-refractivity contribution >= 4 is 0 Å². The van der Waals surface area contributed by atoms with Gasteiger partial charge in [-0.1, -0.05) is 33.1 Å². The maximum atomic E-state index is 5.64. The van der Waals surface area contributed by atoms with Crippen LogP contribution in [-0.2, 0) is 0 Å². The van der Waals surface area contributed by atoms with Crippen LogP contribution in [0.1, 0.15) is 71.6 Å². The van der Waals surface area contributed by atoms with Gasteiger partial charge in [-0.25, -0.2) is 0 Å². The fraction of sp³-hybridized carbons (Fsp3) is 1.00. The van der Waals surface area contributed by atoms with Gasteiger partial charge in [0, 0.05) is 6.04 Å². The van der Waals surface area contributed by atoms with Crippen molar-refractivity contribution in [2.45, 2.75) is 77.7 Å². The summed E-state index contributed by atoms with van der Waals surface area (Å²) < 4.78 is 0. The first-order valence-corrected chi connectivity index (χ1v) is 8.19. The van der Waals surface area contributed by atoms with E-state index in [9.17, 15) is 0 Å². The molecule has 18 heavy (non-hydrogen) atoms. The monoisotopic (exact) mass is 254 g/mol. The molecule has 0 aromatic heterocycles. The van der Waals surface area contributed by atoms with Gasteiger partial charge in [0.1, 0.15) is 0 Å². The summed E-state index contributed by atoms with van der Waals surface area (Å²) in [5, 5.41) is 3.77. The lowest BCUT2D eigenvalue weighted by Crippen LogP contribution is -2.29. The molecule has 0 radical (unpaired) electrons. The van der Waals surface area contributed by atoms with Crippen molar-refractivity contribution in [2.24, 2.45) is 17.6 Å². The summed E-state index contributed by atoms with van der Waals surface area (Å²) >= 11 is 0. The Morgan fingerprint density at radius 1 is 1.17 bits per heavy atom. The summed E-state index contributed by atoms with van der Waals surface area (Å²) in [5.41, 5.74) is 5.64. The minimum absolute atomic E-state index is 0.796. The zero-order valence-electron chi connectivity index (χ0n) is 12.6. The quantitative estimate of drug-likeness (QED) is 0.512. The molecule has 0 saturated heterocycles. The molecule has 2 nitrogen and oxygen atoms in total. The highest BCUT2D eigenvalue weighted by atomic mass is 14.9. The van der Waals surface area contributed by atoms with Crippen LogP contribution < -0.4 is 11.1 Å². The highest BCUT2D eigenvalue weighted by Crippen LogP contribution is 2.22. The lowest BCUT2D eigenvalue weighted by molar-refractivity contribution is 0.397. The second-order valence-corrected chi connectivity index (χ2v) is 6.26. The third-order valence-corrected chi connectivity index (χ3v) is 4.63. The van der Waals surface area contributed by atoms with E-state index in [0.29, 0.717) is 0 Å². The van der Waals surface area contributed by atoms with Gasteiger partial charge in [-0.2, -0.15) is 0 Å². The van der Waals surface area contributed by atoms with Crippen LogP contribution in [0.25, 0.3) is 0 Å². The van der Waals surface area contributed by atoms with Gasteiger partial charge in [0.2, 0.25) is 0 Å². The molecule has 3 N–H and O–H groups in total. The Morgan fingerprint density at radius 2 is 2.00 bits per heavy atom. The molecule has 0 aromatic carbocycles. The Balaban J connectivity index is 2.06. The molecule has 0 heterocycles. The predicted octanol–water partition coefficient (Wildman–Crippen LogP) is 3.70. The van der Waals surface area contributed by atoms with Gasteiger partial charge in [-0.15, -0.1) is 0 Å². The number of hydrogen-bond donors (Lipinski definition) is 2. The van der Waals surface area contributed by atoms with Crippen LogP contribution in [-0.4, -0.2) is 19.1 Å². The van der Waals surface area contributed by atoms with E-state index in [4.69, 9.17) is 5.73 Å². The van der Waals surface area contributed by atoms with Crippen LogP contribution in [0.2, 0.25) is 0 Å². The van der Waals surface area contributed by atoms with E-state index in [-0.39, 0.29) is 0 Å². The standard InChI is InChI=1S/C16H34N2/c1-3-15(11-12-17)7-5-13-18-16-8-4-6-14(2)9-10-16/h14-16,18H,3-13,17H2,1-2H3. The van der Waals surface area contributed by atoms with Crippen LogP contribution in [0.3, 0.4) is 0 Å². The smallest absolute Gasteiger partial charge is 0.00671 e. The van der Waals surface area contributed by atoms with Crippen LogP contribution in [0.4, 0.5) is 0 Å². The molecule has 108 valence electrons. The van der Waals surface area contributed by atoms with Crippen LogP contribution >= 0.6 is 0 Å². The summed E-state index contributed by atoms with van der Waals surface area (Å²) in [6.45, 7) is 6.76. The molecule has 1 aliphatic rings. The van der Waals surface area contributed by atoms with Gasteiger partial charge in [0.05, 0.1) is 0 Å². The first kappa shape index (κ1) is 16.0. The number of nitrogens with two attached hydrogens (primary N) is 1. The molecule has 1 rings (SSSR count). The van der Waals surface area contributed by atoms with E-state index >= 15 is 0 Å². The van der Waals surface area contributed by atoms with Crippen LogP contribution in [0, 0.1) is 11.8 Å². The van der Waals surface area contributed by atoms with Gasteiger partial charge < -0.3 is 11.1 Å². The Morgan fingerprint density at radius 3 is 2.72 bits per heavy atom. The summed E-state index contributed by atoms with van der Waals surface area (Å²) in [7, 11) is 0. The molecule has 3 unspecified atom stereocenters. The fourth-order valence-corrected chi connectivity index (χ4v) is 3.18. The van der Waals surface area contributed by atoms with Gasteiger partial charge in [-0.3, -0.25) is 0 Å². The minimum Gasteiger partial charge on any atom is -0.330 e.